The van der Waals surface area contributed by atoms with Crippen LogP contribution in [0, 0.1) is 12.7 Å². The number of hydrogen-bond acceptors (Lipinski definition) is 3. The van der Waals surface area contributed by atoms with Gasteiger partial charge in [-0.25, -0.2) is 4.39 Å². The summed E-state index contributed by atoms with van der Waals surface area (Å²) in [5.74, 6) is -0.256. The molecule has 0 saturated carbocycles. The first-order valence-electron chi connectivity index (χ1n) is 8.37. The van der Waals surface area contributed by atoms with Crippen molar-refractivity contribution in [2.45, 2.75) is 13.0 Å². The monoisotopic (exact) mass is 352 g/mol. The fraction of sp³-hybridized carbons (Fsp3) is 0.200. The van der Waals surface area contributed by atoms with Gasteiger partial charge in [0.1, 0.15) is 23.2 Å². The lowest BCUT2D eigenvalue weighted by Crippen LogP contribution is -2.52. The van der Waals surface area contributed by atoms with Gasteiger partial charge in [-0.2, -0.15) is 0 Å². The number of carbonyl (C=O) groups is 2. The molecule has 1 atom stereocenters. The molecular formula is C20H17FN2O3. The standard InChI is InChI=1S/C20H17FN2O3/c1-12-9-15-10-14(5-6-17(15)26-12)20(25)23-8-7-22-19(24)18(23)13-3-2-4-16(21)11-13/h2-6,9-11,18H,7-8H2,1H3,(H,22,24)/t18-/m1/s1. The molecule has 6 heteroatoms. The van der Waals surface area contributed by atoms with Crippen LogP contribution in [0.5, 0.6) is 0 Å². The second kappa shape index (κ2) is 6.29. The molecule has 1 fully saturated rings. The summed E-state index contributed by atoms with van der Waals surface area (Å²) in [6, 6.07) is 12.0. The van der Waals surface area contributed by atoms with Gasteiger partial charge < -0.3 is 14.6 Å². The summed E-state index contributed by atoms with van der Waals surface area (Å²) in [5.41, 5.74) is 1.63. The Balaban J connectivity index is 1.72. The molecule has 1 saturated heterocycles. The van der Waals surface area contributed by atoms with E-state index in [0.29, 0.717) is 29.8 Å². The molecule has 1 N–H and O–H groups in total. The van der Waals surface area contributed by atoms with Gasteiger partial charge in [-0.3, -0.25) is 9.59 Å². The maximum atomic E-state index is 13.6. The van der Waals surface area contributed by atoms with Crippen molar-refractivity contribution < 1.29 is 18.4 Å². The molecule has 2 heterocycles. The summed E-state index contributed by atoms with van der Waals surface area (Å²) in [6.45, 7) is 2.56. The van der Waals surface area contributed by atoms with E-state index < -0.39 is 11.9 Å². The summed E-state index contributed by atoms with van der Waals surface area (Å²) >= 11 is 0. The largest absolute Gasteiger partial charge is 0.461 e. The third-order valence-corrected chi connectivity index (χ3v) is 4.52. The number of carbonyl (C=O) groups excluding carboxylic acids is 2. The normalized spacial score (nSPS) is 17.4. The van der Waals surface area contributed by atoms with E-state index in [9.17, 15) is 14.0 Å². The topological polar surface area (TPSA) is 62.6 Å². The predicted molar refractivity (Wildman–Crippen MR) is 94.1 cm³/mol. The summed E-state index contributed by atoms with van der Waals surface area (Å²) in [4.78, 5) is 27.0. The van der Waals surface area contributed by atoms with Crippen LogP contribution in [0.2, 0.25) is 0 Å². The maximum Gasteiger partial charge on any atom is 0.254 e. The van der Waals surface area contributed by atoms with E-state index in [2.05, 4.69) is 5.32 Å². The van der Waals surface area contributed by atoms with Crippen molar-refractivity contribution in [2.24, 2.45) is 0 Å². The molecule has 0 spiro atoms. The van der Waals surface area contributed by atoms with Crippen LogP contribution in [0.3, 0.4) is 0 Å². The number of amides is 2. The van der Waals surface area contributed by atoms with E-state index in [-0.39, 0.29) is 11.8 Å². The number of nitrogens with one attached hydrogen (secondary N) is 1. The average Bonchev–Trinajstić information content (AvgIpc) is 3.00. The van der Waals surface area contributed by atoms with E-state index in [1.165, 1.54) is 23.1 Å². The Morgan fingerprint density at radius 3 is 2.88 bits per heavy atom. The van der Waals surface area contributed by atoms with Crippen molar-refractivity contribution in [3.8, 4) is 0 Å². The molecule has 1 aliphatic heterocycles. The maximum absolute atomic E-state index is 13.6. The Bertz CT molecular complexity index is 1010. The summed E-state index contributed by atoms with van der Waals surface area (Å²) < 4.78 is 19.2. The number of furan rings is 1. The fourth-order valence-electron chi connectivity index (χ4n) is 3.37. The first-order chi connectivity index (χ1) is 12.5. The molecule has 0 bridgehead atoms. The van der Waals surface area contributed by atoms with Gasteiger partial charge in [0.2, 0.25) is 5.91 Å². The van der Waals surface area contributed by atoms with Crippen LogP contribution >= 0.6 is 0 Å². The van der Waals surface area contributed by atoms with E-state index in [1.807, 2.05) is 13.0 Å². The quantitative estimate of drug-likeness (QED) is 0.770. The Morgan fingerprint density at radius 2 is 2.08 bits per heavy atom. The molecule has 3 aromatic rings. The van der Waals surface area contributed by atoms with Crippen molar-refractivity contribution in [2.75, 3.05) is 13.1 Å². The van der Waals surface area contributed by atoms with Crippen LogP contribution in [0.25, 0.3) is 11.0 Å². The number of hydrogen-bond donors (Lipinski definition) is 1. The summed E-state index contributed by atoms with van der Waals surface area (Å²) in [7, 11) is 0. The van der Waals surface area contributed by atoms with Gasteiger partial charge in [0.25, 0.3) is 5.91 Å². The lowest BCUT2D eigenvalue weighted by molar-refractivity contribution is -0.128. The smallest absolute Gasteiger partial charge is 0.254 e. The highest BCUT2D eigenvalue weighted by Gasteiger charge is 2.35. The van der Waals surface area contributed by atoms with Crippen molar-refractivity contribution in [3.63, 3.8) is 0 Å². The predicted octanol–water partition coefficient (Wildman–Crippen LogP) is 3.19. The van der Waals surface area contributed by atoms with Gasteiger partial charge >= 0.3 is 0 Å². The van der Waals surface area contributed by atoms with Crippen molar-refractivity contribution >= 4 is 22.8 Å². The van der Waals surface area contributed by atoms with E-state index in [4.69, 9.17) is 4.42 Å². The minimum absolute atomic E-state index is 0.269. The Morgan fingerprint density at radius 1 is 1.23 bits per heavy atom. The minimum Gasteiger partial charge on any atom is -0.461 e. The third kappa shape index (κ3) is 2.83. The van der Waals surface area contributed by atoms with Crippen LogP contribution in [-0.4, -0.2) is 29.8 Å². The van der Waals surface area contributed by atoms with Gasteiger partial charge in [0.15, 0.2) is 0 Å². The van der Waals surface area contributed by atoms with Crippen LogP contribution in [-0.2, 0) is 4.79 Å². The van der Waals surface area contributed by atoms with Crippen LogP contribution < -0.4 is 5.32 Å². The zero-order valence-corrected chi connectivity index (χ0v) is 14.2. The number of aryl methyl sites for hydroxylation is 1. The highest BCUT2D eigenvalue weighted by Crippen LogP contribution is 2.27. The van der Waals surface area contributed by atoms with Crippen molar-refractivity contribution in [3.05, 3.63) is 71.2 Å². The van der Waals surface area contributed by atoms with Crippen LogP contribution in [0.15, 0.2) is 52.9 Å². The second-order valence-corrected chi connectivity index (χ2v) is 6.36. The number of halogens is 1. The average molecular weight is 352 g/mol. The van der Waals surface area contributed by atoms with E-state index >= 15 is 0 Å². The SMILES string of the molecule is Cc1cc2cc(C(=O)N3CCNC(=O)[C@H]3c3cccc(F)c3)ccc2o1. The zero-order valence-electron chi connectivity index (χ0n) is 14.2. The molecule has 0 aliphatic carbocycles. The van der Waals surface area contributed by atoms with Gasteiger partial charge in [0, 0.05) is 24.0 Å². The second-order valence-electron chi connectivity index (χ2n) is 6.36. The zero-order chi connectivity index (χ0) is 18.3. The van der Waals surface area contributed by atoms with Crippen molar-refractivity contribution in [1.82, 2.24) is 10.2 Å². The Kier molecular flexibility index (Phi) is 3.95. The number of fused-ring (bicyclic) bond motifs is 1. The third-order valence-electron chi connectivity index (χ3n) is 4.52. The first-order valence-corrected chi connectivity index (χ1v) is 8.37. The Labute approximate surface area is 149 Å². The van der Waals surface area contributed by atoms with E-state index in [0.717, 1.165) is 11.1 Å². The first kappa shape index (κ1) is 16.3. The number of piperazine rings is 1. The minimum atomic E-state index is -0.853. The van der Waals surface area contributed by atoms with Crippen molar-refractivity contribution in [1.29, 1.82) is 0 Å². The fourth-order valence-corrected chi connectivity index (χ4v) is 3.37. The molecule has 1 aliphatic rings. The Hall–Kier alpha value is -3.15. The molecule has 2 aromatic carbocycles. The van der Waals surface area contributed by atoms with E-state index in [1.54, 1.807) is 24.3 Å². The molecule has 4 rings (SSSR count). The molecule has 2 amide bonds. The number of rotatable bonds is 2. The molecule has 132 valence electrons. The number of benzene rings is 2. The van der Waals surface area contributed by atoms with Gasteiger partial charge in [-0.05, 0) is 48.9 Å². The molecule has 5 nitrogen and oxygen atoms in total. The lowest BCUT2D eigenvalue weighted by Gasteiger charge is -2.35. The molecular weight excluding hydrogens is 335 g/mol. The number of nitrogens with zero attached hydrogens (tertiary/aromatic N) is 1. The van der Waals surface area contributed by atoms with Gasteiger partial charge in [-0.15, -0.1) is 0 Å². The van der Waals surface area contributed by atoms with Gasteiger partial charge in [0.05, 0.1) is 0 Å². The molecule has 1 aromatic heterocycles. The molecule has 0 unspecified atom stereocenters. The molecule has 26 heavy (non-hydrogen) atoms. The molecule has 0 radical (unpaired) electrons. The highest BCUT2D eigenvalue weighted by atomic mass is 19.1. The summed E-state index contributed by atoms with van der Waals surface area (Å²) in [5, 5.41) is 3.58. The van der Waals surface area contributed by atoms with Crippen LogP contribution in [0.4, 0.5) is 4.39 Å². The van der Waals surface area contributed by atoms with Crippen LogP contribution in [0.1, 0.15) is 27.7 Å². The summed E-state index contributed by atoms with van der Waals surface area (Å²) in [6.07, 6.45) is 0. The van der Waals surface area contributed by atoms with Gasteiger partial charge in [-0.1, -0.05) is 12.1 Å². The lowest BCUT2D eigenvalue weighted by atomic mass is 10.0. The highest BCUT2D eigenvalue weighted by molar-refractivity contribution is 6.01.